The summed E-state index contributed by atoms with van der Waals surface area (Å²) in [4.78, 5) is 0. The van der Waals surface area contributed by atoms with Gasteiger partial charge in [-0.2, -0.15) is 0 Å². The minimum atomic E-state index is -0.396. The molecule has 0 aliphatic carbocycles. The van der Waals surface area contributed by atoms with Crippen LogP contribution in [0, 0.1) is 11.7 Å². The van der Waals surface area contributed by atoms with Crippen molar-refractivity contribution in [3.05, 3.63) is 34.6 Å². The van der Waals surface area contributed by atoms with Gasteiger partial charge in [0.25, 0.3) is 0 Å². The van der Waals surface area contributed by atoms with Gasteiger partial charge in [0.15, 0.2) is 0 Å². The Morgan fingerprint density at radius 2 is 2.07 bits per heavy atom. The van der Waals surface area contributed by atoms with Crippen molar-refractivity contribution in [3.63, 3.8) is 0 Å². The molecule has 0 unspecified atom stereocenters. The lowest BCUT2D eigenvalue weighted by atomic mass is 9.98. The van der Waals surface area contributed by atoms with Crippen molar-refractivity contribution < 1.29 is 4.39 Å². The predicted octanol–water partition coefficient (Wildman–Crippen LogP) is 3.53. The summed E-state index contributed by atoms with van der Waals surface area (Å²) in [5, 5.41) is 0.140. The van der Waals surface area contributed by atoms with Gasteiger partial charge in [0.1, 0.15) is 5.82 Å². The molecular weight excluding hydrogens is 201 g/mol. The van der Waals surface area contributed by atoms with Crippen molar-refractivity contribution in [3.8, 4) is 0 Å². The zero-order valence-electron chi connectivity index (χ0n) is 8.43. The highest BCUT2D eigenvalue weighted by Crippen LogP contribution is 2.23. The second-order valence-corrected chi connectivity index (χ2v) is 4.32. The Balaban J connectivity index is 2.80. The Kier molecular flexibility index (Phi) is 3.90. The monoisotopic (exact) mass is 215 g/mol. The van der Waals surface area contributed by atoms with Crippen molar-refractivity contribution in [2.75, 3.05) is 0 Å². The van der Waals surface area contributed by atoms with E-state index in [4.69, 9.17) is 17.3 Å². The molecular formula is C11H15ClFN. The Morgan fingerprint density at radius 3 is 2.57 bits per heavy atom. The van der Waals surface area contributed by atoms with Gasteiger partial charge in [0.05, 0.1) is 5.02 Å². The van der Waals surface area contributed by atoms with E-state index in [-0.39, 0.29) is 11.1 Å². The van der Waals surface area contributed by atoms with Gasteiger partial charge in [-0.1, -0.05) is 31.5 Å². The SMILES string of the molecule is CC(C)C[C@@H](N)c1ccc(F)c(Cl)c1. The number of benzene rings is 1. The van der Waals surface area contributed by atoms with Crippen LogP contribution in [0.25, 0.3) is 0 Å². The molecule has 14 heavy (non-hydrogen) atoms. The van der Waals surface area contributed by atoms with Gasteiger partial charge >= 0.3 is 0 Å². The molecule has 0 aliphatic heterocycles. The summed E-state index contributed by atoms with van der Waals surface area (Å²) in [7, 11) is 0. The molecule has 0 saturated carbocycles. The van der Waals surface area contributed by atoms with Crippen molar-refractivity contribution in [2.24, 2.45) is 11.7 Å². The minimum absolute atomic E-state index is 0.0619. The Morgan fingerprint density at radius 1 is 1.43 bits per heavy atom. The molecule has 78 valence electrons. The van der Waals surface area contributed by atoms with Crippen LogP contribution >= 0.6 is 11.6 Å². The van der Waals surface area contributed by atoms with Gasteiger partial charge in [-0.15, -0.1) is 0 Å². The van der Waals surface area contributed by atoms with E-state index in [2.05, 4.69) is 13.8 Å². The topological polar surface area (TPSA) is 26.0 Å². The normalized spacial score (nSPS) is 13.3. The number of hydrogen-bond acceptors (Lipinski definition) is 1. The highest BCUT2D eigenvalue weighted by Gasteiger charge is 2.10. The molecule has 0 fully saturated rings. The fourth-order valence-electron chi connectivity index (χ4n) is 1.39. The average molecular weight is 216 g/mol. The highest BCUT2D eigenvalue weighted by molar-refractivity contribution is 6.30. The molecule has 0 spiro atoms. The molecule has 0 saturated heterocycles. The van der Waals surface area contributed by atoms with Crippen molar-refractivity contribution in [2.45, 2.75) is 26.3 Å². The van der Waals surface area contributed by atoms with E-state index in [1.807, 2.05) is 0 Å². The molecule has 0 heterocycles. The molecule has 0 radical (unpaired) electrons. The van der Waals surface area contributed by atoms with Crippen molar-refractivity contribution in [1.29, 1.82) is 0 Å². The van der Waals surface area contributed by atoms with E-state index >= 15 is 0 Å². The molecule has 3 heteroatoms. The predicted molar refractivity (Wildman–Crippen MR) is 57.8 cm³/mol. The lowest BCUT2D eigenvalue weighted by Crippen LogP contribution is -2.12. The zero-order chi connectivity index (χ0) is 10.7. The first-order chi connectivity index (χ1) is 6.50. The van der Waals surface area contributed by atoms with Gasteiger partial charge in [-0.25, -0.2) is 4.39 Å². The quantitative estimate of drug-likeness (QED) is 0.820. The summed E-state index contributed by atoms with van der Waals surface area (Å²) < 4.78 is 12.9. The van der Waals surface area contributed by atoms with Crippen LogP contribution in [-0.2, 0) is 0 Å². The molecule has 1 rings (SSSR count). The number of rotatable bonds is 3. The zero-order valence-corrected chi connectivity index (χ0v) is 9.18. The fraction of sp³-hybridized carbons (Fsp3) is 0.455. The van der Waals surface area contributed by atoms with Crippen LogP contribution in [0.2, 0.25) is 5.02 Å². The first-order valence-electron chi connectivity index (χ1n) is 4.71. The summed E-state index contributed by atoms with van der Waals surface area (Å²) in [5.41, 5.74) is 6.83. The van der Waals surface area contributed by atoms with Gasteiger partial charge in [0.2, 0.25) is 0 Å². The standard InChI is InChI=1S/C11H15ClFN/c1-7(2)5-11(14)8-3-4-10(13)9(12)6-8/h3-4,6-7,11H,5,14H2,1-2H3/t11-/m1/s1. The second kappa shape index (κ2) is 4.76. The molecule has 0 aliphatic rings. The molecule has 0 amide bonds. The van der Waals surface area contributed by atoms with Gasteiger partial charge in [-0.05, 0) is 30.0 Å². The van der Waals surface area contributed by atoms with E-state index in [1.165, 1.54) is 6.07 Å². The summed E-state index contributed by atoms with van der Waals surface area (Å²) >= 11 is 5.66. The molecule has 2 N–H and O–H groups in total. The summed E-state index contributed by atoms with van der Waals surface area (Å²) in [5.74, 6) is 0.126. The van der Waals surface area contributed by atoms with Crippen LogP contribution < -0.4 is 5.73 Å². The number of halogens is 2. The summed E-state index contributed by atoms with van der Waals surface area (Å²) in [6.45, 7) is 4.20. The van der Waals surface area contributed by atoms with Gasteiger partial charge in [0, 0.05) is 6.04 Å². The molecule has 1 atom stereocenters. The lowest BCUT2D eigenvalue weighted by Gasteiger charge is -2.14. The Bertz CT molecular complexity index is 312. The Labute approximate surface area is 89.1 Å². The van der Waals surface area contributed by atoms with Gasteiger partial charge in [-0.3, -0.25) is 0 Å². The highest BCUT2D eigenvalue weighted by atomic mass is 35.5. The third-order valence-corrected chi connectivity index (χ3v) is 2.39. The lowest BCUT2D eigenvalue weighted by molar-refractivity contribution is 0.509. The van der Waals surface area contributed by atoms with E-state index in [0.717, 1.165) is 12.0 Å². The van der Waals surface area contributed by atoms with Crippen molar-refractivity contribution >= 4 is 11.6 Å². The molecule has 0 bridgehead atoms. The van der Waals surface area contributed by atoms with E-state index < -0.39 is 5.82 Å². The van der Waals surface area contributed by atoms with Crippen LogP contribution in [0.15, 0.2) is 18.2 Å². The third kappa shape index (κ3) is 2.96. The van der Waals surface area contributed by atoms with E-state index in [9.17, 15) is 4.39 Å². The molecule has 1 aromatic rings. The van der Waals surface area contributed by atoms with Crippen molar-refractivity contribution in [1.82, 2.24) is 0 Å². The largest absolute Gasteiger partial charge is 0.324 e. The molecule has 1 nitrogen and oxygen atoms in total. The maximum absolute atomic E-state index is 12.9. The first kappa shape index (κ1) is 11.5. The smallest absolute Gasteiger partial charge is 0.141 e. The van der Waals surface area contributed by atoms with E-state index in [0.29, 0.717) is 5.92 Å². The Hall–Kier alpha value is -0.600. The maximum Gasteiger partial charge on any atom is 0.141 e. The summed E-state index contributed by atoms with van der Waals surface area (Å²) in [6.07, 6.45) is 0.877. The average Bonchev–Trinajstić information content (AvgIpc) is 2.08. The number of hydrogen-bond donors (Lipinski definition) is 1. The minimum Gasteiger partial charge on any atom is -0.324 e. The van der Waals surface area contributed by atoms with Crippen LogP contribution in [0.4, 0.5) is 4.39 Å². The molecule has 1 aromatic carbocycles. The fourth-order valence-corrected chi connectivity index (χ4v) is 1.58. The van der Waals surface area contributed by atoms with Crippen LogP contribution in [0.3, 0.4) is 0 Å². The second-order valence-electron chi connectivity index (χ2n) is 3.91. The van der Waals surface area contributed by atoms with Crippen LogP contribution in [0.5, 0.6) is 0 Å². The number of nitrogens with two attached hydrogens (primary N) is 1. The summed E-state index contributed by atoms with van der Waals surface area (Å²) in [6, 6.07) is 4.59. The third-order valence-electron chi connectivity index (χ3n) is 2.10. The molecule has 0 aromatic heterocycles. The van der Waals surface area contributed by atoms with Gasteiger partial charge < -0.3 is 5.73 Å². The van der Waals surface area contributed by atoms with Crippen LogP contribution in [-0.4, -0.2) is 0 Å². The first-order valence-corrected chi connectivity index (χ1v) is 5.09. The van der Waals surface area contributed by atoms with Crippen LogP contribution in [0.1, 0.15) is 31.9 Å². The maximum atomic E-state index is 12.9. The van der Waals surface area contributed by atoms with E-state index in [1.54, 1.807) is 12.1 Å².